The van der Waals surface area contributed by atoms with Crippen LogP contribution in [0.4, 0.5) is 21.2 Å². The summed E-state index contributed by atoms with van der Waals surface area (Å²) in [4.78, 5) is 40.7. The Morgan fingerprint density at radius 3 is 2.62 bits per heavy atom. The Hall–Kier alpha value is -4.99. The van der Waals surface area contributed by atoms with Crippen molar-refractivity contribution in [1.82, 2.24) is 15.0 Å². The lowest BCUT2D eigenvalue weighted by molar-refractivity contribution is -0.385. The lowest BCUT2D eigenvalue weighted by Crippen LogP contribution is -2.45. The molecule has 0 aliphatic carbocycles. The number of aliphatic hydroxyl groups is 1. The molecular formula is C35H39FN6O7Si. The zero-order chi connectivity index (χ0) is 35.8. The molecule has 15 heteroatoms. The molecule has 50 heavy (non-hydrogen) atoms. The van der Waals surface area contributed by atoms with Crippen LogP contribution in [0.1, 0.15) is 40.5 Å². The van der Waals surface area contributed by atoms with E-state index in [2.05, 4.69) is 15.6 Å². The van der Waals surface area contributed by atoms with Gasteiger partial charge in [0.15, 0.2) is 5.60 Å². The summed E-state index contributed by atoms with van der Waals surface area (Å²) in [6.07, 6.45) is 1.71. The van der Waals surface area contributed by atoms with Crippen molar-refractivity contribution in [3.8, 4) is 5.75 Å². The molecule has 0 radical (unpaired) electrons. The predicted octanol–water partition coefficient (Wildman–Crippen LogP) is 5.39. The number of fused-ring (bicyclic) bond motifs is 2. The summed E-state index contributed by atoms with van der Waals surface area (Å²) in [6.45, 7) is 5.33. The van der Waals surface area contributed by atoms with Gasteiger partial charge in [-0.2, -0.15) is 0 Å². The van der Waals surface area contributed by atoms with Gasteiger partial charge in [-0.15, -0.1) is 5.10 Å². The van der Waals surface area contributed by atoms with Crippen molar-refractivity contribution < 1.29 is 33.2 Å². The van der Waals surface area contributed by atoms with Gasteiger partial charge in [0.2, 0.25) is 8.41 Å². The number of hydrogen-bond donors (Lipinski definition) is 2. The first-order chi connectivity index (χ1) is 23.8. The number of hydrogen-bond acceptors (Lipinski definition) is 9. The highest BCUT2D eigenvalue weighted by atomic mass is 28.4. The van der Waals surface area contributed by atoms with Gasteiger partial charge in [-0.3, -0.25) is 24.4 Å². The lowest BCUT2D eigenvalue weighted by atomic mass is 9.82. The van der Waals surface area contributed by atoms with Crippen LogP contribution in [0, 0.1) is 16.0 Å². The Morgan fingerprint density at radius 1 is 1.18 bits per heavy atom. The zero-order valence-electron chi connectivity index (χ0n) is 28.2. The third kappa shape index (κ3) is 6.51. The van der Waals surface area contributed by atoms with Gasteiger partial charge in [-0.05, 0) is 67.5 Å². The van der Waals surface area contributed by atoms with Crippen LogP contribution in [-0.4, -0.2) is 65.1 Å². The Bertz CT molecular complexity index is 1920. The summed E-state index contributed by atoms with van der Waals surface area (Å²) in [5.74, 6) is -0.767. The molecule has 3 heterocycles. The molecule has 262 valence electrons. The van der Waals surface area contributed by atoms with Gasteiger partial charge in [0, 0.05) is 66.2 Å². The van der Waals surface area contributed by atoms with Crippen LogP contribution in [0.5, 0.6) is 5.75 Å². The Labute approximate surface area is 289 Å². The number of ether oxygens (including phenoxy) is 2. The first kappa shape index (κ1) is 34.9. The number of carbonyl (C=O) groups excluding carboxylic acids is 2. The van der Waals surface area contributed by atoms with Gasteiger partial charge >= 0.3 is 0 Å². The number of aromatic nitrogens is 3. The minimum Gasteiger partial charge on any atom is -0.497 e. The molecule has 3 aromatic carbocycles. The van der Waals surface area contributed by atoms with Gasteiger partial charge in [-0.1, -0.05) is 24.3 Å². The Kier molecular flexibility index (Phi) is 9.57. The Morgan fingerprint density at radius 2 is 1.94 bits per heavy atom. The highest BCUT2D eigenvalue weighted by Gasteiger charge is 2.66. The molecule has 1 fully saturated rings. The van der Waals surface area contributed by atoms with Gasteiger partial charge in [0.05, 0.1) is 36.1 Å². The van der Waals surface area contributed by atoms with Crippen LogP contribution in [0.25, 0.3) is 0 Å². The van der Waals surface area contributed by atoms with Crippen LogP contribution >= 0.6 is 0 Å². The molecule has 0 saturated carbocycles. The highest BCUT2D eigenvalue weighted by molar-refractivity contribution is 6.72. The zero-order valence-corrected chi connectivity index (χ0v) is 29.2. The summed E-state index contributed by atoms with van der Waals surface area (Å²) in [5.41, 5.74) is 0.575. The largest absolute Gasteiger partial charge is 0.497 e. The maximum atomic E-state index is 16.2. The molecular weight excluding hydrogens is 664 g/mol. The number of non-ortho nitro benzene ring substituents is 1. The molecule has 2 aliphatic rings. The second-order valence-electron chi connectivity index (χ2n) is 13.2. The summed E-state index contributed by atoms with van der Waals surface area (Å²) >= 11 is 0. The second kappa shape index (κ2) is 13.7. The number of nitro benzene ring substituents is 1. The van der Waals surface area contributed by atoms with Crippen LogP contribution in [0.15, 0.2) is 72.9 Å². The number of anilines is 2. The van der Waals surface area contributed by atoms with E-state index in [9.17, 15) is 24.8 Å². The van der Waals surface area contributed by atoms with E-state index in [0.29, 0.717) is 58.9 Å². The molecule has 2 N–H and O–H groups in total. The van der Waals surface area contributed by atoms with E-state index in [-0.39, 0.29) is 24.7 Å². The summed E-state index contributed by atoms with van der Waals surface area (Å²) in [7, 11) is -1.94. The van der Waals surface area contributed by atoms with Gasteiger partial charge in [0.25, 0.3) is 17.5 Å². The lowest BCUT2D eigenvalue weighted by Gasteiger charge is -2.31. The van der Waals surface area contributed by atoms with Gasteiger partial charge in [-0.25, -0.2) is 0 Å². The average Bonchev–Trinajstić information content (AvgIpc) is 3.73. The first-order valence-corrected chi connectivity index (χ1v) is 19.3. The number of benzene rings is 3. The summed E-state index contributed by atoms with van der Waals surface area (Å²) in [5, 5.41) is 32.3. The van der Waals surface area contributed by atoms with Crippen LogP contribution in [-0.2, 0) is 34.6 Å². The molecule has 1 saturated heterocycles. The molecule has 1 aromatic heterocycles. The Balaban J connectivity index is 1.31. The normalized spacial score (nSPS) is 21.4. The summed E-state index contributed by atoms with van der Waals surface area (Å²) < 4.78 is 29.8. The van der Waals surface area contributed by atoms with Crippen molar-refractivity contribution >= 4 is 37.3 Å². The fourth-order valence-corrected chi connectivity index (χ4v) is 9.93. The highest BCUT2D eigenvalue weighted by Crippen LogP contribution is 2.60. The molecule has 13 nitrogen and oxygen atoms in total. The topological polar surface area (TPSA) is 162 Å². The van der Waals surface area contributed by atoms with Crippen LogP contribution in [0.3, 0.4) is 0 Å². The molecule has 1 spiro atoms. The molecule has 4 aromatic rings. The van der Waals surface area contributed by atoms with Crippen molar-refractivity contribution in [3.63, 3.8) is 0 Å². The number of nitro groups is 1. The SMILES string of the molecule is COc1ccc(C(=O)Nc2cccc(CN3C(=O)[C@]4(O[C@H](CCn5cc(CCO)nn5)[C@@H]([Si](C)(C)F)[C@@H]4C)c4cc([N+](=O)[O-])ccc43)c2)cc1. The number of aliphatic hydroxyl groups excluding tert-OH is 1. The van der Waals surface area contributed by atoms with E-state index >= 15 is 4.11 Å². The van der Waals surface area contributed by atoms with Gasteiger partial charge in [0.1, 0.15) is 5.75 Å². The molecule has 2 aliphatic heterocycles. The first-order valence-electron chi connectivity index (χ1n) is 16.4. The van der Waals surface area contributed by atoms with E-state index in [1.165, 1.54) is 17.0 Å². The average molecular weight is 703 g/mol. The minimum atomic E-state index is -3.48. The monoisotopic (exact) mass is 702 g/mol. The van der Waals surface area contributed by atoms with E-state index in [1.807, 2.05) is 6.07 Å². The standard InChI is InChI=1S/C35H39FN6O7Si/c1-22-32(50(3,4)36)31(14-16-40-21-26(15-17-43)38-39-40)49-35(22)29-19-27(42(46)47)10-13-30(29)41(34(35)45)20-23-6-5-7-25(18-23)37-33(44)24-8-11-28(48-2)12-9-24/h5-13,18-19,21-22,31-32,43H,14-17,20H2,1-4H3,(H,37,44)/t22-,31+,32-,35+/m0/s1. The molecule has 0 unspecified atom stereocenters. The molecule has 0 bridgehead atoms. The van der Waals surface area contributed by atoms with E-state index in [0.717, 1.165) is 0 Å². The maximum Gasteiger partial charge on any atom is 0.269 e. The number of methoxy groups -OCH3 is 1. The molecule has 2 amide bonds. The second-order valence-corrected chi connectivity index (χ2v) is 17.0. The number of aryl methyl sites for hydroxylation is 1. The van der Waals surface area contributed by atoms with Crippen molar-refractivity contribution in [2.24, 2.45) is 5.92 Å². The van der Waals surface area contributed by atoms with Crippen LogP contribution < -0.4 is 15.0 Å². The number of rotatable bonds is 12. The van der Waals surface area contributed by atoms with Crippen molar-refractivity contribution in [3.05, 3.63) is 105 Å². The van der Waals surface area contributed by atoms with Crippen molar-refractivity contribution in [2.45, 2.75) is 63.2 Å². The predicted molar refractivity (Wildman–Crippen MR) is 185 cm³/mol. The van der Waals surface area contributed by atoms with E-state index in [4.69, 9.17) is 9.47 Å². The van der Waals surface area contributed by atoms with E-state index < -0.39 is 42.4 Å². The third-order valence-electron chi connectivity index (χ3n) is 9.63. The fourth-order valence-electron chi connectivity index (χ4n) is 7.39. The molecule has 6 rings (SSSR count). The van der Waals surface area contributed by atoms with Crippen molar-refractivity contribution in [1.29, 1.82) is 0 Å². The number of amides is 2. The number of nitrogens with one attached hydrogen (secondary N) is 1. The van der Waals surface area contributed by atoms with Gasteiger partial charge < -0.3 is 28.9 Å². The van der Waals surface area contributed by atoms with E-state index in [1.54, 1.807) is 86.5 Å². The van der Waals surface area contributed by atoms with Crippen LogP contribution in [0.2, 0.25) is 18.6 Å². The third-order valence-corrected chi connectivity index (χ3v) is 12.1. The quantitative estimate of drug-likeness (QED) is 0.0853. The number of carbonyl (C=O) groups is 2. The number of nitrogens with zero attached hydrogens (tertiary/aromatic N) is 5. The summed E-state index contributed by atoms with van der Waals surface area (Å²) in [6, 6.07) is 18.0. The minimum absolute atomic E-state index is 0.0685. The fraction of sp³-hybridized carbons (Fsp3) is 0.371. The smallest absolute Gasteiger partial charge is 0.269 e. The van der Waals surface area contributed by atoms with Crippen molar-refractivity contribution in [2.75, 3.05) is 23.9 Å². The molecule has 4 atom stereocenters. The number of halogens is 1. The maximum absolute atomic E-state index is 16.2.